The van der Waals surface area contributed by atoms with Gasteiger partial charge in [-0.25, -0.2) is 9.59 Å². The van der Waals surface area contributed by atoms with Crippen LogP contribution in [-0.4, -0.2) is 11.1 Å². The van der Waals surface area contributed by atoms with E-state index in [0.29, 0.717) is 16.0 Å². The van der Waals surface area contributed by atoms with Crippen molar-refractivity contribution in [3.05, 3.63) is 176 Å². The summed E-state index contributed by atoms with van der Waals surface area (Å²) in [5.41, 5.74) is 15.0. The third kappa shape index (κ3) is 7.26. The predicted molar refractivity (Wildman–Crippen MR) is 282 cm³/mol. The van der Waals surface area contributed by atoms with Gasteiger partial charge in [0.05, 0.1) is 5.56 Å². The summed E-state index contributed by atoms with van der Waals surface area (Å²) in [5.74, 6) is -1.26. The van der Waals surface area contributed by atoms with Crippen molar-refractivity contribution in [1.29, 1.82) is 5.26 Å². The number of hydrogen-bond donors (Lipinski definition) is 1. The standard InChI is InChI=1S/C60H54N2O4S2/c1-6-28-59(29-7-2)48-16-12-10-14-44(48)46-23-19-39(33-50(46)59)62(40-20-24-47-45-15-11-13-17-49(45)60(30-8-3,31-9-4)51(47)34-40)41-18-22-43-37(5)56(58(65)66-52(43)35-41)55-27-26-54(68-55)53-25-21-42(67-53)32-38(36-61)57(63)64/h10-27,32-35H,6-9,28-31H2,1-5H3,(H,63,64). The fourth-order valence-electron chi connectivity index (χ4n) is 11.9. The van der Waals surface area contributed by atoms with E-state index in [2.05, 4.69) is 130 Å². The number of carbonyl (C=O) groups is 1. The number of carboxylic acid groups (broad SMARTS) is 1. The third-order valence-electron chi connectivity index (χ3n) is 14.5. The van der Waals surface area contributed by atoms with Crippen molar-refractivity contribution in [1.82, 2.24) is 0 Å². The van der Waals surface area contributed by atoms with Crippen LogP contribution in [0, 0.1) is 18.3 Å². The number of benzene rings is 5. The molecule has 6 nitrogen and oxygen atoms in total. The number of fused-ring (bicyclic) bond motifs is 7. The Balaban J connectivity index is 1.12. The highest BCUT2D eigenvalue weighted by molar-refractivity contribution is 7.24. The molecule has 3 heterocycles. The summed E-state index contributed by atoms with van der Waals surface area (Å²) in [6.45, 7) is 11.2. The maximum absolute atomic E-state index is 14.2. The summed E-state index contributed by atoms with van der Waals surface area (Å²) in [7, 11) is 0. The van der Waals surface area contributed by atoms with Gasteiger partial charge < -0.3 is 14.4 Å². The van der Waals surface area contributed by atoms with Crippen LogP contribution in [-0.2, 0) is 15.6 Å². The molecule has 0 unspecified atom stereocenters. The Hall–Kier alpha value is -6.79. The van der Waals surface area contributed by atoms with E-state index in [1.807, 2.05) is 31.2 Å². The molecule has 5 aromatic carbocycles. The first-order valence-electron chi connectivity index (χ1n) is 24.0. The summed E-state index contributed by atoms with van der Waals surface area (Å²) in [6, 6.07) is 47.9. The molecule has 0 saturated heterocycles. The minimum atomic E-state index is -1.26. The van der Waals surface area contributed by atoms with Crippen molar-refractivity contribution in [2.45, 2.75) is 96.8 Å². The van der Waals surface area contributed by atoms with Crippen LogP contribution in [0.1, 0.15) is 112 Å². The monoisotopic (exact) mass is 930 g/mol. The highest BCUT2D eigenvalue weighted by atomic mass is 32.1. The molecule has 0 saturated carbocycles. The number of nitriles is 1. The van der Waals surface area contributed by atoms with Gasteiger partial charge in [-0.2, -0.15) is 5.26 Å². The molecule has 340 valence electrons. The largest absolute Gasteiger partial charge is 0.477 e. The molecule has 0 fully saturated rings. The molecule has 8 aromatic rings. The molecular formula is C60H54N2O4S2. The van der Waals surface area contributed by atoms with Crippen molar-refractivity contribution >= 4 is 62.8 Å². The molecule has 0 atom stereocenters. The van der Waals surface area contributed by atoms with E-state index >= 15 is 0 Å². The number of rotatable bonds is 15. The summed E-state index contributed by atoms with van der Waals surface area (Å²) in [4.78, 5) is 31.4. The van der Waals surface area contributed by atoms with Gasteiger partial charge in [-0.15, -0.1) is 22.7 Å². The van der Waals surface area contributed by atoms with Crippen molar-refractivity contribution in [2.24, 2.45) is 0 Å². The Morgan fingerprint density at radius 3 is 1.66 bits per heavy atom. The minimum Gasteiger partial charge on any atom is -0.477 e. The number of nitrogens with zero attached hydrogens (tertiary/aromatic N) is 2. The number of anilines is 3. The lowest BCUT2D eigenvalue weighted by atomic mass is 9.71. The van der Waals surface area contributed by atoms with Gasteiger partial charge in [0.2, 0.25) is 0 Å². The maximum Gasteiger partial charge on any atom is 0.346 e. The van der Waals surface area contributed by atoms with E-state index in [9.17, 15) is 20.0 Å². The quantitative estimate of drug-likeness (QED) is 0.0625. The van der Waals surface area contributed by atoms with Gasteiger partial charge in [-0.1, -0.05) is 114 Å². The Bertz CT molecular complexity index is 3290. The number of carboxylic acids is 1. The summed E-state index contributed by atoms with van der Waals surface area (Å²) in [5, 5.41) is 19.5. The zero-order valence-corrected chi connectivity index (χ0v) is 40.9. The van der Waals surface area contributed by atoms with E-state index in [4.69, 9.17) is 4.42 Å². The second-order valence-corrected chi connectivity index (χ2v) is 20.7. The van der Waals surface area contributed by atoms with Gasteiger partial charge in [-0.05, 0) is 149 Å². The minimum absolute atomic E-state index is 0.0937. The number of hydrogen-bond acceptors (Lipinski definition) is 7. The average Bonchev–Trinajstić information content (AvgIpc) is 4.13. The second-order valence-electron chi connectivity index (χ2n) is 18.5. The number of aryl methyl sites for hydroxylation is 1. The van der Waals surface area contributed by atoms with E-state index in [0.717, 1.165) is 94.0 Å². The molecular weight excluding hydrogens is 877 g/mol. The van der Waals surface area contributed by atoms with Crippen LogP contribution in [0.15, 0.2) is 142 Å². The molecule has 0 aliphatic heterocycles. The topological polar surface area (TPSA) is 94.5 Å². The smallest absolute Gasteiger partial charge is 0.346 e. The first-order chi connectivity index (χ1) is 33.1. The van der Waals surface area contributed by atoms with Crippen LogP contribution in [0.5, 0.6) is 0 Å². The Kier molecular flexibility index (Phi) is 11.9. The highest BCUT2D eigenvalue weighted by Gasteiger charge is 2.44. The lowest BCUT2D eigenvalue weighted by Crippen LogP contribution is -2.26. The van der Waals surface area contributed by atoms with Crippen molar-refractivity contribution < 1.29 is 14.3 Å². The van der Waals surface area contributed by atoms with Crippen LogP contribution in [0.25, 0.3) is 59.5 Å². The maximum atomic E-state index is 14.2. The van der Waals surface area contributed by atoms with Crippen LogP contribution < -0.4 is 10.5 Å². The molecule has 0 radical (unpaired) electrons. The highest BCUT2D eigenvalue weighted by Crippen LogP contribution is 2.57. The van der Waals surface area contributed by atoms with E-state index < -0.39 is 11.6 Å². The zero-order valence-electron chi connectivity index (χ0n) is 39.2. The second kappa shape index (κ2) is 18.0. The van der Waals surface area contributed by atoms with Crippen molar-refractivity contribution in [2.75, 3.05) is 4.90 Å². The molecule has 3 aromatic heterocycles. The lowest BCUT2D eigenvalue weighted by Gasteiger charge is -2.34. The Morgan fingerprint density at radius 2 is 1.12 bits per heavy atom. The molecule has 2 aliphatic rings. The summed E-state index contributed by atoms with van der Waals surface area (Å²) < 4.78 is 6.35. The molecule has 1 N–H and O–H groups in total. The van der Waals surface area contributed by atoms with Gasteiger partial charge in [0.1, 0.15) is 17.2 Å². The van der Waals surface area contributed by atoms with E-state index in [-0.39, 0.29) is 16.4 Å². The lowest BCUT2D eigenvalue weighted by molar-refractivity contribution is -0.132. The molecule has 8 heteroatoms. The van der Waals surface area contributed by atoms with Crippen LogP contribution in [0.4, 0.5) is 17.1 Å². The van der Waals surface area contributed by atoms with Gasteiger partial charge >= 0.3 is 11.6 Å². The first-order valence-corrected chi connectivity index (χ1v) is 25.6. The number of thiophene rings is 2. The van der Waals surface area contributed by atoms with E-state index in [1.165, 1.54) is 73.3 Å². The Labute approximate surface area is 406 Å². The predicted octanol–water partition coefficient (Wildman–Crippen LogP) is 16.8. The van der Waals surface area contributed by atoms with Gasteiger partial charge in [-0.3, -0.25) is 0 Å². The molecule has 68 heavy (non-hydrogen) atoms. The fourth-order valence-corrected chi connectivity index (χ4v) is 14.0. The molecule has 0 spiro atoms. The average molecular weight is 931 g/mol. The molecule has 2 aliphatic carbocycles. The van der Waals surface area contributed by atoms with Crippen LogP contribution in [0.3, 0.4) is 0 Å². The van der Waals surface area contributed by atoms with Crippen LogP contribution in [0.2, 0.25) is 0 Å². The van der Waals surface area contributed by atoms with Crippen LogP contribution >= 0.6 is 22.7 Å². The van der Waals surface area contributed by atoms with E-state index in [1.54, 1.807) is 12.1 Å². The summed E-state index contributed by atoms with van der Waals surface area (Å²) in [6.07, 6.45) is 9.96. The molecule has 0 amide bonds. The van der Waals surface area contributed by atoms with Crippen molar-refractivity contribution in [3.8, 4) is 48.5 Å². The summed E-state index contributed by atoms with van der Waals surface area (Å²) >= 11 is 2.88. The third-order valence-corrected chi connectivity index (χ3v) is 16.8. The number of aliphatic carboxylic acids is 1. The van der Waals surface area contributed by atoms with Crippen molar-refractivity contribution in [3.63, 3.8) is 0 Å². The SMILES string of the molecule is CCCC1(CCC)c2ccccc2-c2ccc(N(c3ccc4c(c3)C(CCC)(CCC)c3ccccc3-4)c3ccc4c(C)c(-c5ccc(-c6ccc(C=C(C#N)C(=O)O)s6)s5)c(=O)oc4c3)cc21. The van der Waals surface area contributed by atoms with Gasteiger partial charge in [0.25, 0.3) is 0 Å². The Morgan fingerprint density at radius 1 is 0.632 bits per heavy atom. The molecule has 10 rings (SSSR count). The normalized spacial score (nSPS) is 14.0. The zero-order chi connectivity index (χ0) is 47.3. The van der Waals surface area contributed by atoms with Gasteiger partial charge in [0, 0.05) is 58.9 Å². The molecule has 0 bridgehead atoms. The first kappa shape index (κ1) is 45.0. The van der Waals surface area contributed by atoms with Gasteiger partial charge in [0.15, 0.2) is 0 Å². The fraction of sp³-hybridized carbons (Fsp3) is 0.250.